The minimum Gasteiger partial charge on any atom is -0.305 e. The van der Waals surface area contributed by atoms with E-state index in [1.54, 1.807) is 10.6 Å². The van der Waals surface area contributed by atoms with Crippen LogP contribution in [0.3, 0.4) is 0 Å². The van der Waals surface area contributed by atoms with Crippen molar-refractivity contribution < 1.29 is 14.0 Å². The van der Waals surface area contributed by atoms with E-state index >= 15 is 0 Å². The summed E-state index contributed by atoms with van der Waals surface area (Å²) in [5.41, 5.74) is 2.49. The first-order valence-electron chi connectivity index (χ1n) is 9.72. The molecule has 33 heavy (non-hydrogen) atoms. The minimum atomic E-state index is -0.397. The number of rotatable bonds is 7. The number of hydrogen-bond acceptors (Lipinski definition) is 6. The summed E-state index contributed by atoms with van der Waals surface area (Å²) in [7, 11) is 0. The van der Waals surface area contributed by atoms with Gasteiger partial charge in [0.25, 0.3) is 5.91 Å². The van der Waals surface area contributed by atoms with Gasteiger partial charge in [0.1, 0.15) is 5.82 Å². The van der Waals surface area contributed by atoms with E-state index < -0.39 is 5.91 Å². The molecule has 0 aliphatic rings. The number of benzene rings is 2. The first kappa shape index (κ1) is 22.9. The maximum Gasteiger partial charge on any atom is 0.258 e. The summed E-state index contributed by atoms with van der Waals surface area (Å²) in [5.74, 6) is 1.63. The first-order chi connectivity index (χ1) is 16.0. The van der Waals surface area contributed by atoms with E-state index in [4.69, 9.17) is 6.42 Å². The standard InChI is InChI=1S/C23H17FN4O2S3/c1-2-10-28-18-9-8-16(24)11-19(18)33-23(28)27-21(30)14-31-13-20(29)26-22-25-17(12-32-22)15-6-4-3-5-7-15/h1,3-9,11-12H,10,13-14H2,(H,25,26,29). The zero-order chi connectivity index (χ0) is 23.2. The topological polar surface area (TPSA) is 76.3 Å². The van der Waals surface area contributed by atoms with Gasteiger partial charge in [-0.15, -0.1) is 29.5 Å². The highest BCUT2D eigenvalue weighted by Gasteiger charge is 2.11. The van der Waals surface area contributed by atoms with E-state index in [1.807, 2.05) is 35.7 Å². The number of terminal acetylenes is 1. The molecule has 2 amide bonds. The number of thioether (sulfide) groups is 1. The second-order valence-electron chi connectivity index (χ2n) is 6.74. The van der Waals surface area contributed by atoms with Gasteiger partial charge in [0.05, 0.1) is 34.0 Å². The number of nitrogens with zero attached hydrogens (tertiary/aromatic N) is 3. The number of hydrogen-bond donors (Lipinski definition) is 1. The fourth-order valence-corrected chi connectivity index (χ4v) is 5.38. The fourth-order valence-electron chi connectivity index (χ4n) is 2.97. The van der Waals surface area contributed by atoms with Gasteiger partial charge in [-0.2, -0.15) is 4.99 Å². The number of carbonyl (C=O) groups is 2. The molecule has 0 bridgehead atoms. The number of fused-ring (bicyclic) bond motifs is 1. The molecule has 2 heterocycles. The highest BCUT2D eigenvalue weighted by Crippen LogP contribution is 2.24. The van der Waals surface area contributed by atoms with Gasteiger partial charge in [-0.25, -0.2) is 9.37 Å². The van der Waals surface area contributed by atoms with Crippen molar-refractivity contribution in [2.75, 3.05) is 16.8 Å². The summed E-state index contributed by atoms with van der Waals surface area (Å²) >= 11 is 3.69. The Morgan fingerprint density at radius 2 is 2.03 bits per heavy atom. The maximum absolute atomic E-state index is 13.5. The fraction of sp³-hybridized carbons (Fsp3) is 0.130. The highest BCUT2D eigenvalue weighted by atomic mass is 32.2. The molecule has 0 aliphatic carbocycles. The van der Waals surface area contributed by atoms with E-state index in [0.717, 1.165) is 28.5 Å². The van der Waals surface area contributed by atoms with Gasteiger partial charge in [0.2, 0.25) is 5.91 Å². The average molecular weight is 497 g/mol. The maximum atomic E-state index is 13.5. The Morgan fingerprint density at radius 1 is 1.21 bits per heavy atom. The quantitative estimate of drug-likeness (QED) is 0.385. The second kappa shape index (κ2) is 10.6. The van der Waals surface area contributed by atoms with Gasteiger partial charge in [0.15, 0.2) is 9.93 Å². The van der Waals surface area contributed by atoms with Crippen molar-refractivity contribution in [1.82, 2.24) is 9.55 Å². The normalized spacial score (nSPS) is 11.5. The Hall–Kier alpha value is -3.26. The molecule has 0 aliphatic heterocycles. The largest absolute Gasteiger partial charge is 0.305 e. The molecule has 2 aromatic carbocycles. The van der Waals surface area contributed by atoms with E-state index in [1.165, 1.54) is 34.8 Å². The van der Waals surface area contributed by atoms with Crippen LogP contribution in [-0.2, 0) is 16.1 Å². The van der Waals surface area contributed by atoms with Gasteiger partial charge < -0.3 is 9.88 Å². The van der Waals surface area contributed by atoms with E-state index in [2.05, 4.69) is 21.2 Å². The molecular formula is C23H17FN4O2S3. The summed E-state index contributed by atoms with van der Waals surface area (Å²) < 4.78 is 15.9. The summed E-state index contributed by atoms with van der Waals surface area (Å²) in [5, 5.41) is 5.13. The number of carbonyl (C=O) groups excluding carboxylic acids is 2. The lowest BCUT2D eigenvalue weighted by Gasteiger charge is -2.01. The molecule has 166 valence electrons. The zero-order valence-electron chi connectivity index (χ0n) is 17.2. The number of halogens is 1. The number of nitrogens with one attached hydrogen (secondary N) is 1. The Kier molecular flexibility index (Phi) is 7.34. The lowest BCUT2D eigenvalue weighted by Crippen LogP contribution is -2.18. The Balaban J connectivity index is 1.35. The van der Waals surface area contributed by atoms with E-state index in [9.17, 15) is 14.0 Å². The number of thiazole rings is 2. The van der Waals surface area contributed by atoms with Crippen molar-refractivity contribution in [3.63, 3.8) is 0 Å². The molecular weight excluding hydrogens is 479 g/mol. The predicted molar refractivity (Wildman–Crippen MR) is 133 cm³/mol. The molecule has 4 rings (SSSR count). The third-order valence-corrected chi connectivity index (χ3v) is 7.11. The molecule has 0 spiro atoms. The average Bonchev–Trinajstić information content (AvgIpc) is 3.39. The summed E-state index contributed by atoms with van der Waals surface area (Å²) in [6.45, 7) is 0.214. The van der Waals surface area contributed by atoms with Crippen LogP contribution in [0.15, 0.2) is 58.9 Å². The van der Waals surface area contributed by atoms with E-state index in [-0.39, 0.29) is 29.8 Å². The lowest BCUT2D eigenvalue weighted by atomic mass is 10.2. The first-order valence-corrected chi connectivity index (χ1v) is 12.6. The van der Waals surface area contributed by atoms with Crippen molar-refractivity contribution in [3.05, 3.63) is 64.5 Å². The number of amides is 2. The highest BCUT2D eigenvalue weighted by molar-refractivity contribution is 8.00. The van der Waals surface area contributed by atoms with Crippen LogP contribution in [0, 0.1) is 18.2 Å². The molecule has 10 heteroatoms. The molecule has 1 N–H and O–H groups in total. The Labute approximate surface area is 201 Å². The van der Waals surface area contributed by atoms with Crippen molar-refractivity contribution in [2.24, 2.45) is 4.99 Å². The lowest BCUT2D eigenvalue weighted by molar-refractivity contribution is -0.115. The van der Waals surface area contributed by atoms with Crippen LogP contribution in [0.5, 0.6) is 0 Å². The molecule has 6 nitrogen and oxygen atoms in total. The Bertz CT molecular complexity index is 1420. The number of anilines is 1. The second-order valence-corrected chi connectivity index (χ2v) is 9.59. The Morgan fingerprint density at radius 3 is 2.82 bits per heavy atom. The molecule has 0 unspecified atom stereocenters. The van der Waals surface area contributed by atoms with Gasteiger partial charge in [-0.1, -0.05) is 47.6 Å². The van der Waals surface area contributed by atoms with Crippen LogP contribution in [0.25, 0.3) is 21.5 Å². The van der Waals surface area contributed by atoms with Gasteiger partial charge in [-0.3, -0.25) is 9.59 Å². The molecule has 4 aromatic rings. The SMILES string of the molecule is C#CCn1c(=NC(=O)CSCC(=O)Nc2nc(-c3ccccc3)cs2)sc2cc(F)ccc21. The number of aromatic nitrogens is 2. The smallest absolute Gasteiger partial charge is 0.258 e. The molecule has 0 saturated carbocycles. The third-order valence-electron chi connectivity index (χ3n) is 4.39. The predicted octanol–water partition coefficient (Wildman–Crippen LogP) is 4.40. The van der Waals surface area contributed by atoms with Crippen LogP contribution in [0.4, 0.5) is 9.52 Å². The van der Waals surface area contributed by atoms with Crippen molar-refractivity contribution in [1.29, 1.82) is 0 Å². The van der Waals surface area contributed by atoms with Crippen molar-refractivity contribution in [2.45, 2.75) is 6.54 Å². The molecule has 0 saturated heterocycles. The molecule has 0 fully saturated rings. The molecule has 2 aromatic heterocycles. The van der Waals surface area contributed by atoms with Gasteiger partial charge in [-0.05, 0) is 18.2 Å². The minimum absolute atomic E-state index is 0.0270. The zero-order valence-corrected chi connectivity index (χ0v) is 19.6. The van der Waals surface area contributed by atoms with Crippen LogP contribution >= 0.6 is 34.4 Å². The van der Waals surface area contributed by atoms with Crippen molar-refractivity contribution in [3.8, 4) is 23.6 Å². The van der Waals surface area contributed by atoms with Gasteiger partial charge >= 0.3 is 0 Å². The van der Waals surface area contributed by atoms with Crippen molar-refractivity contribution >= 4 is 61.6 Å². The monoisotopic (exact) mass is 496 g/mol. The van der Waals surface area contributed by atoms with E-state index in [0.29, 0.717) is 14.6 Å². The molecule has 0 atom stereocenters. The van der Waals surface area contributed by atoms with Crippen LogP contribution in [-0.4, -0.2) is 32.9 Å². The van der Waals surface area contributed by atoms with Gasteiger partial charge in [0, 0.05) is 10.9 Å². The van der Waals surface area contributed by atoms with Crippen LogP contribution in [0.2, 0.25) is 0 Å². The summed E-state index contributed by atoms with van der Waals surface area (Å²) in [6, 6.07) is 14.0. The molecule has 0 radical (unpaired) electrons. The third kappa shape index (κ3) is 5.76. The van der Waals surface area contributed by atoms with Crippen LogP contribution in [0.1, 0.15) is 0 Å². The summed E-state index contributed by atoms with van der Waals surface area (Å²) in [4.78, 5) is 33.5. The van der Waals surface area contributed by atoms with Crippen LogP contribution < -0.4 is 10.1 Å². The summed E-state index contributed by atoms with van der Waals surface area (Å²) in [6.07, 6.45) is 5.43.